The number of hydrogen-bond donors (Lipinski definition) is 1. The summed E-state index contributed by atoms with van der Waals surface area (Å²) in [5.41, 5.74) is 5.22. The van der Waals surface area contributed by atoms with Gasteiger partial charge in [0.05, 0.1) is 25.3 Å². The molecule has 0 unspecified atom stereocenters. The maximum Gasteiger partial charge on any atom is 0.227 e. The van der Waals surface area contributed by atoms with E-state index in [1.807, 2.05) is 65.7 Å². The van der Waals surface area contributed by atoms with Crippen molar-refractivity contribution in [3.05, 3.63) is 102 Å². The largest absolute Gasteiger partial charge is 0.368 e. The van der Waals surface area contributed by atoms with Crippen LogP contribution in [0.5, 0.6) is 0 Å². The van der Waals surface area contributed by atoms with Crippen LogP contribution in [0, 0.1) is 0 Å². The standard InChI is InChI=1S/C26H25N3O2/c30-26(16-20-17-27-23-11-5-4-10-22(20)23)29-13-14-31-25(18-29)24-12-6-9-21(28-24)15-19-7-2-1-3-8-19/h1-12,17,25,27H,13-16,18H2/t25-/m0/s1. The Kier molecular flexibility index (Phi) is 5.50. The van der Waals surface area contributed by atoms with Crippen LogP contribution < -0.4 is 0 Å². The van der Waals surface area contributed by atoms with Gasteiger partial charge in [0.25, 0.3) is 0 Å². The lowest BCUT2D eigenvalue weighted by Gasteiger charge is -2.33. The first-order valence-electron chi connectivity index (χ1n) is 10.7. The summed E-state index contributed by atoms with van der Waals surface area (Å²) in [6.07, 6.45) is 2.91. The highest BCUT2D eigenvalue weighted by Gasteiger charge is 2.27. The van der Waals surface area contributed by atoms with Gasteiger partial charge >= 0.3 is 0 Å². The fraction of sp³-hybridized carbons (Fsp3) is 0.231. The van der Waals surface area contributed by atoms with Gasteiger partial charge in [-0.3, -0.25) is 9.78 Å². The normalized spacial score (nSPS) is 16.5. The number of nitrogens with one attached hydrogen (secondary N) is 1. The number of H-pyrrole nitrogens is 1. The average Bonchev–Trinajstić information content (AvgIpc) is 3.23. The number of aromatic amines is 1. The summed E-state index contributed by atoms with van der Waals surface area (Å²) < 4.78 is 5.99. The molecule has 1 amide bonds. The third kappa shape index (κ3) is 4.37. The highest BCUT2D eigenvalue weighted by atomic mass is 16.5. The van der Waals surface area contributed by atoms with Gasteiger partial charge in [0.1, 0.15) is 6.10 Å². The summed E-state index contributed by atoms with van der Waals surface area (Å²) in [5, 5.41) is 1.11. The number of nitrogens with zero attached hydrogens (tertiary/aromatic N) is 2. The van der Waals surface area contributed by atoms with Crippen molar-refractivity contribution in [2.75, 3.05) is 19.7 Å². The summed E-state index contributed by atoms with van der Waals surface area (Å²) in [7, 11) is 0. The summed E-state index contributed by atoms with van der Waals surface area (Å²) >= 11 is 0. The monoisotopic (exact) mass is 411 g/mol. The van der Waals surface area contributed by atoms with Gasteiger partial charge in [0.2, 0.25) is 5.91 Å². The van der Waals surface area contributed by atoms with Gasteiger partial charge in [-0.05, 0) is 29.3 Å². The van der Waals surface area contributed by atoms with Crippen LogP contribution >= 0.6 is 0 Å². The number of amides is 1. The predicted octanol–water partition coefficient (Wildman–Crippen LogP) is 4.30. The molecule has 0 aliphatic carbocycles. The third-order valence-electron chi connectivity index (χ3n) is 5.82. The zero-order chi connectivity index (χ0) is 21.0. The molecular formula is C26H25N3O2. The first-order valence-corrected chi connectivity index (χ1v) is 10.7. The van der Waals surface area contributed by atoms with E-state index in [0.29, 0.717) is 26.1 Å². The number of rotatable bonds is 5. The van der Waals surface area contributed by atoms with Gasteiger partial charge in [0, 0.05) is 35.8 Å². The minimum absolute atomic E-state index is 0.124. The van der Waals surface area contributed by atoms with E-state index in [4.69, 9.17) is 9.72 Å². The van der Waals surface area contributed by atoms with Gasteiger partial charge in [0.15, 0.2) is 0 Å². The maximum atomic E-state index is 13.0. The van der Waals surface area contributed by atoms with E-state index >= 15 is 0 Å². The first kappa shape index (κ1) is 19.5. The zero-order valence-corrected chi connectivity index (χ0v) is 17.3. The Morgan fingerprint density at radius 3 is 2.77 bits per heavy atom. The summed E-state index contributed by atoms with van der Waals surface area (Å²) in [6, 6.07) is 24.5. The van der Waals surface area contributed by atoms with E-state index < -0.39 is 0 Å². The van der Waals surface area contributed by atoms with Crippen LogP contribution in [0.4, 0.5) is 0 Å². The molecule has 0 saturated carbocycles. The first-order chi connectivity index (χ1) is 15.3. The molecule has 1 saturated heterocycles. The molecule has 1 fully saturated rings. The van der Waals surface area contributed by atoms with Gasteiger partial charge < -0.3 is 14.6 Å². The molecule has 0 bridgehead atoms. The van der Waals surface area contributed by atoms with Crippen LogP contribution in [-0.4, -0.2) is 40.5 Å². The minimum atomic E-state index is -0.198. The number of hydrogen-bond acceptors (Lipinski definition) is 3. The number of pyridine rings is 1. The van der Waals surface area contributed by atoms with Gasteiger partial charge in [-0.1, -0.05) is 54.6 Å². The van der Waals surface area contributed by atoms with E-state index in [9.17, 15) is 4.79 Å². The predicted molar refractivity (Wildman–Crippen MR) is 121 cm³/mol. The molecule has 1 aliphatic heterocycles. The number of fused-ring (bicyclic) bond motifs is 1. The Morgan fingerprint density at radius 2 is 1.87 bits per heavy atom. The number of aromatic nitrogens is 2. The highest BCUT2D eigenvalue weighted by molar-refractivity contribution is 5.88. The highest BCUT2D eigenvalue weighted by Crippen LogP contribution is 2.24. The van der Waals surface area contributed by atoms with Gasteiger partial charge in [-0.2, -0.15) is 0 Å². The molecule has 0 spiro atoms. The number of carbonyl (C=O) groups is 1. The van der Waals surface area contributed by atoms with Crippen LogP contribution in [0.15, 0.2) is 79.0 Å². The molecule has 4 aromatic rings. The Bertz CT molecular complexity index is 1190. The average molecular weight is 412 g/mol. The molecule has 2 aromatic heterocycles. The fourth-order valence-corrected chi connectivity index (χ4v) is 4.19. The number of para-hydroxylation sites is 1. The van der Waals surface area contributed by atoms with E-state index in [-0.39, 0.29) is 12.0 Å². The molecule has 5 heteroatoms. The fourth-order valence-electron chi connectivity index (χ4n) is 4.19. The summed E-state index contributed by atoms with van der Waals surface area (Å²) in [6.45, 7) is 1.67. The molecular weight excluding hydrogens is 386 g/mol. The second-order valence-corrected chi connectivity index (χ2v) is 7.95. The topological polar surface area (TPSA) is 58.2 Å². The molecule has 1 atom stereocenters. The van der Waals surface area contributed by atoms with Crippen molar-refractivity contribution >= 4 is 16.8 Å². The van der Waals surface area contributed by atoms with Gasteiger partial charge in [-0.15, -0.1) is 0 Å². The van der Waals surface area contributed by atoms with Crippen LogP contribution in [0.2, 0.25) is 0 Å². The van der Waals surface area contributed by atoms with Crippen molar-refractivity contribution in [3.63, 3.8) is 0 Å². The number of morpholine rings is 1. The van der Waals surface area contributed by atoms with Crippen molar-refractivity contribution < 1.29 is 9.53 Å². The zero-order valence-electron chi connectivity index (χ0n) is 17.3. The number of ether oxygens (including phenoxy) is 1. The lowest BCUT2D eigenvalue weighted by molar-refractivity contribution is -0.138. The molecule has 1 aliphatic rings. The second-order valence-electron chi connectivity index (χ2n) is 7.95. The minimum Gasteiger partial charge on any atom is -0.368 e. The lowest BCUT2D eigenvalue weighted by Crippen LogP contribution is -2.43. The van der Waals surface area contributed by atoms with Crippen LogP contribution in [0.1, 0.15) is 28.6 Å². The Hall–Kier alpha value is -3.44. The molecule has 0 radical (unpaired) electrons. The molecule has 3 heterocycles. The van der Waals surface area contributed by atoms with E-state index in [0.717, 1.165) is 34.3 Å². The third-order valence-corrected chi connectivity index (χ3v) is 5.82. The number of carbonyl (C=O) groups excluding carboxylic acids is 1. The van der Waals surface area contributed by atoms with Crippen molar-refractivity contribution in [2.24, 2.45) is 0 Å². The van der Waals surface area contributed by atoms with Crippen molar-refractivity contribution in [2.45, 2.75) is 18.9 Å². The SMILES string of the molecule is O=C(Cc1c[nH]c2ccccc12)N1CCO[C@H](c2cccc(Cc3ccccc3)n2)C1. The Labute approximate surface area is 181 Å². The Balaban J connectivity index is 1.28. The quantitative estimate of drug-likeness (QED) is 0.533. The van der Waals surface area contributed by atoms with E-state index in [1.165, 1.54) is 5.56 Å². The van der Waals surface area contributed by atoms with E-state index in [2.05, 4.69) is 23.2 Å². The molecule has 1 N–H and O–H groups in total. The molecule has 2 aromatic carbocycles. The number of benzene rings is 2. The van der Waals surface area contributed by atoms with E-state index in [1.54, 1.807) is 0 Å². The van der Waals surface area contributed by atoms with Crippen molar-refractivity contribution in [1.29, 1.82) is 0 Å². The van der Waals surface area contributed by atoms with Crippen LogP contribution in [0.3, 0.4) is 0 Å². The summed E-state index contributed by atoms with van der Waals surface area (Å²) in [5.74, 6) is 0.124. The Morgan fingerprint density at radius 1 is 1.03 bits per heavy atom. The molecule has 5 nitrogen and oxygen atoms in total. The van der Waals surface area contributed by atoms with Crippen molar-refractivity contribution in [1.82, 2.24) is 14.9 Å². The second kappa shape index (κ2) is 8.74. The van der Waals surface area contributed by atoms with Gasteiger partial charge in [-0.25, -0.2) is 0 Å². The van der Waals surface area contributed by atoms with Crippen LogP contribution in [0.25, 0.3) is 10.9 Å². The van der Waals surface area contributed by atoms with Crippen LogP contribution in [-0.2, 0) is 22.4 Å². The smallest absolute Gasteiger partial charge is 0.227 e. The molecule has 31 heavy (non-hydrogen) atoms. The van der Waals surface area contributed by atoms with Crippen molar-refractivity contribution in [3.8, 4) is 0 Å². The molecule has 156 valence electrons. The summed E-state index contributed by atoms with van der Waals surface area (Å²) in [4.78, 5) is 23.0. The maximum absolute atomic E-state index is 13.0. The molecule has 5 rings (SSSR count). The lowest BCUT2D eigenvalue weighted by atomic mass is 10.1.